The summed E-state index contributed by atoms with van der Waals surface area (Å²) in [5.74, 6) is 0.312. The Kier molecular flexibility index (Phi) is 3.25. The maximum Gasteiger partial charge on any atom is 0.208 e. The Bertz CT molecular complexity index is 546. The van der Waals surface area contributed by atoms with Gasteiger partial charge >= 0.3 is 0 Å². The molecule has 5 nitrogen and oxygen atoms in total. The molecule has 0 spiro atoms. The first-order valence-corrected chi connectivity index (χ1v) is 7.13. The maximum atomic E-state index is 9.31. The van der Waals surface area contributed by atoms with E-state index in [-0.39, 0.29) is 0 Å². The van der Waals surface area contributed by atoms with Crippen LogP contribution >= 0.6 is 11.3 Å². The van der Waals surface area contributed by atoms with E-state index in [1.807, 2.05) is 19.1 Å². The fourth-order valence-electron chi connectivity index (χ4n) is 2.23. The van der Waals surface area contributed by atoms with Gasteiger partial charge in [-0.15, -0.1) is 10.2 Å². The van der Waals surface area contributed by atoms with Gasteiger partial charge in [0, 0.05) is 31.9 Å². The molecule has 2 heterocycles. The van der Waals surface area contributed by atoms with E-state index in [4.69, 9.17) is 0 Å². The molecule has 0 atom stereocenters. The second-order valence-electron chi connectivity index (χ2n) is 4.59. The zero-order valence-electron chi connectivity index (χ0n) is 10.8. The minimum Gasteiger partial charge on any atom is -0.508 e. The van der Waals surface area contributed by atoms with Gasteiger partial charge in [-0.25, -0.2) is 0 Å². The minimum atomic E-state index is 0.312. The van der Waals surface area contributed by atoms with Crippen LogP contribution in [0.4, 0.5) is 10.8 Å². The molecule has 1 saturated heterocycles. The topological polar surface area (TPSA) is 52.5 Å². The number of hydrogen-bond donors (Lipinski definition) is 1. The predicted molar refractivity (Wildman–Crippen MR) is 77.2 cm³/mol. The van der Waals surface area contributed by atoms with E-state index in [0.29, 0.717) is 5.75 Å². The SMILES string of the molecule is Cc1nnc(N2CCN(c3ccc(O)cc3)CC2)s1. The van der Waals surface area contributed by atoms with E-state index >= 15 is 0 Å². The van der Waals surface area contributed by atoms with Gasteiger partial charge < -0.3 is 14.9 Å². The number of hydrogen-bond acceptors (Lipinski definition) is 6. The highest BCUT2D eigenvalue weighted by molar-refractivity contribution is 7.15. The van der Waals surface area contributed by atoms with Crippen molar-refractivity contribution in [2.75, 3.05) is 36.0 Å². The fourth-order valence-corrected chi connectivity index (χ4v) is 2.97. The Labute approximate surface area is 116 Å². The molecule has 19 heavy (non-hydrogen) atoms. The van der Waals surface area contributed by atoms with Gasteiger partial charge in [0.25, 0.3) is 0 Å². The molecular weight excluding hydrogens is 260 g/mol. The second kappa shape index (κ2) is 5.05. The summed E-state index contributed by atoms with van der Waals surface area (Å²) in [5, 5.41) is 19.6. The molecule has 0 amide bonds. The standard InChI is InChI=1S/C13H16N4OS/c1-10-14-15-13(19-10)17-8-6-16(7-9-17)11-2-4-12(18)5-3-11/h2-5,18H,6-9H2,1H3. The first-order valence-electron chi connectivity index (χ1n) is 6.31. The number of anilines is 2. The van der Waals surface area contributed by atoms with Crippen LogP contribution in [0, 0.1) is 6.92 Å². The van der Waals surface area contributed by atoms with Crippen LogP contribution in [0.2, 0.25) is 0 Å². The molecule has 3 rings (SSSR count). The quantitative estimate of drug-likeness (QED) is 0.907. The van der Waals surface area contributed by atoms with Crippen LogP contribution in [0.25, 0.3) is 0 Å². The van der Waals surface area contributed by atoms with Gasteiger partial charge in [-0.1, -0.05) is 11.3 Å². The number of benzene rings is 1. The number of phenolic OH excluding ortho intramolecular Hbond substituents is 1. The lowest BCUT2D eigenvalue weighted by Gasteiger charge is -2.35. The summed E-state index contributed by atoms with van der Waals surface area (Å²) in [5.41, 5.74) is 1.16. The minimum absolute atomic E-state index is 0.312. The lowest BCUT2D eigenvalue weighted by Crippen LogP contribution is -2.46. The third-order valence-corrected chi connectivity index (χ3v) is 4.18. The monoisotopic (exact) mass is 276 g/mol. The van der Waals surface area contributed by atoms with Crippen LogP contribution in [-0.4, -0.2) is 41.5 Å². The molecule has 0 saturated carbocycles. The van der Waals surface area contributed by atoms with Gasteiger partial charge in [-0.05, 0) is 31.2 Å². The van der Waals surface area contributed by atoms with Crippen molar-refractivity contribution in [1.29, 1.82) is 0 Å². The van der Waals surface area contributed by atoms with Gasteiger partial charge in [0.05, 0.1) is 0 Å². The van der Waals surface area contributed by atoms with E-state index in [0.717, 1.165) is 42.0 Å². The normalized spacial score (nSPS) is 15.8. The number of phenols is 1. The average molecular weight is 276 g/mol. The Morgan fingerprint density at radius 2 is 1.63 bits per heavy atom. The van der Waals surface area contributed by atoms with Crippen LogP contribution in [0.1, 0.15) is 5.01 Å². The van der Waals surface area contributed by atoms with E-state index in [1.165, 1.54) is 0 Å². The molecule has 1 N–H and O–H groups in total. The molecule has 100 valence electrons. The van der Waals surface area contributed by atoms with Crippen LogP contribution < -0.4 is 9.80 Å². The highest BCUT2D eigenvalue weighted by atomic mass is 32.1. The molecule has 0 radical (unpaired) electrons. The number of aryl methyl sites for hydroxylation is 1. The Morgan fingerprint density at radius 1 is 1.00 bits per heavy atom. The maximum absolute atomic E-state index is 9.31. The number of piperazine rings is 1. The lowest BCUT2D eigenvalue weighted by atomic mass is 10.2. The largest absolute Gasteiger partial charge is 0.508 e. The van der Waals surface area contributed by atoms with Gasteiger partial charge in [0.1, 0.15) is 10.8 Å². The van der Waals surface area contributed by atoms with E-state index < -0.39 is 0 Å². The highest BCUT2D eigenvalue weighted by Crippen LogP contribution is 2.24. The van der Waals surface area contributed by atoms with Crippen LogP contribution in [0.5, 0.6) is 5.75 Å². The van der Waals surface area contributed by atoms with Crippen molar-refractivity contribution >= 4 is 22.2 Å². The molecule has 0 bridgehead atoms. The molecule has 1 aliphatic rings. The Balaban J connectivity index is 1.64. The molecule has 1 aromatic heterocycles. The number of rotatable bonds is 2. The molecule has 6 heteroatoms. The van der Waals surface area contributed by atoms with Crippen molar-refractivity contribution in [1.82, 2.24) is 10.2 Å². The van der Waals surface area contributed by atoms with Gasteiger partial charge in [-0.2, -0.15) is 0 Å². The zero-order valence-corrected chi connectivity index (χ0v) is 11.6. The summed E-state index contributed by atoms with van der Waals surface area (Å²) >= 11 is 1.65. The van der Waals surface area contributed by atoms with Gasteiger partial charge in [0.2, 0.25) is 5.13 Å². The second-order valence-corrected chi connectivity index (χ2v) is 5.75. The molecule has 0 aliphatic carbocycles. The summed E-state index contributed by atoms with van der Waals surface area (Å²) in [6.45, 7) is 5.81. The molecule has 0 unspecified atom stereocenters. The van der Waals surface area contributed by atoms with Crippen LogP contribution in [-0.2, 0) is 0 Å². The van der Waals surface area contributed by atoms with Crippen molar-refractivity contribution < 1.29 is 5.11 Å². The van der Waals surface area contributed by atoms with E-state index in [2.05, 4.69) is 20.0 Å². The third kappa shape index (κ3) is 2.63. The van der Waals surface area contributed by atoms with Gasteiger partial charge in [-0.3, -0.25) is 0 Å². The molecule has 2 aromatic rings. The van der Waals surface area contributed by atoms with Crippen molar-refractivity contribution in [3.05, 3.63) is 29.3 Å². The number of nitrogens with zero attached hydrogens (tertiary/aromatic N) is 4. The molecule has 1 fully saturated rings. The smallest absolute Gasteiger partial charge is 0.208 e. The van der Waals surface area contributed by atoms with Gasteiger partial charge in [0.15, 0.2) is 0 Å². The van der Waals surface area contributed by atoms with E-state index in [9.17, 15) is 5.11 Å². The van der Waals surface area contributed by atoms with Crippen molar-refractivity contribution in [3.63, 3.8) is 0 Å². The molecular formula is C13H16N4OS. The molecule has 1 aliphatic heterocycles. The Morgan fingerprint density at radius 3 is 2.21 bits per heavy atom. The summed E-state index contributed by atoms with van der Waals surface area (Å²) in [6.07, 6.45) is 0. The first-order chi connectivity index (χ1) is 9.22. The van der Waals surface area contributed by atoms with Crippen LogP contribution in [0.3, 0.4) is 0 Å². The summed E-state index contributed by atoms with van der Waals surface area (Å²) in [7, 11) is 0. The highest BCUT2D eigenvalue weighted by Gasteiger charge is 2.19. The van der Waals surface area contributed by atoms with Crippen molar-refractivity contribution in [2.45, 2.75) is 6.92 Å². The molecule has 1 aromatic carbocycles. The third-order valence-electron chi connectivity index (χ3n) is 3.28. The fraction of sp³-hybridized carbons (Fsp3) is 0.385. The first kappa shape index (κ1) is 12.2. The van der Waals surface area contributed by atoms with Crippen LogP contribution in [0.15, 0.2) is 24.3 Å². The average Bonchev–Trinajstić information content (AvgIpc) is 2.87. The zero-order chi connectivity index (χ0) is 13.2. The predicted octanol–water partition coefficient (Wildman–Crippen LogP) is 1.88. The lowest BCUT2D eigenvalue weighted by molar-refractivity contribution is 0.475. The summed E-state index contributed by atoms with van der Waals surface area (Å²) in [4.78, 5) is 4.60. The van der Waals surface area contributed by atoms with E-state index in [1.54, 1.807) is 23.5 Å². The Hall–Kier alpha value is -1.82. The number of aromatic nitrogens is 2. The summed E-state index contributed by atoms with van der Waals surface area (Å²) in [6, 6.07) is 7.38. The summed E-state index contributed by atoms with van der Waals surface area (Å²) < 4.78 is 0. The van der Waals surface area contributed by atoms with Crippen molar-refractivity contribution in [3.8, 4) is 5.75 Å². The number of aromatic hydroxyl groups is 1. The van der Waals surface area contributed by atoms with Crippen molar-refractivity contribution in [2.24, 2.45) is 0 Å².